The van der Waals surface area contributed by atoms with Crippen molar-refractivity contribution in [3.05, 3.63) is 36.7 Å². The fourth-order valence-electron chi connectivity index (χ4n) is 4.40. The predicted octanol–water partition coefficient (Wildman–Crippen LogP) is 2.55. The fraction of sp³-hybridized carbons (Fsp3) is 0.739. The van der Waals surface area contributed by atoms with Gasteiger partial charge in [-0.3, -0.25) is 0 Å². The van der Waals surface area contributed by atoms with E-state index in [1.165, 1.54) is 38.8 Å². The predicted molar refractivity (Wildman–Crippen MR) is 128 cm³/mol. The summed E-state index contributed by atoms with van der Waals surface area (Å²) in [6.45, 7) is 6.15. The van der Waals surface area contributed by atoms with Crippen LogP contribution in [0.1, 0.15) is 71.1 Å². The van der Waals surface area contributed by atoms with Gasteiger partial charge in [0.1, 0.15) is 0 Å². The van der Waals surface area contributed by atoms with Gasteiger partial charge in [0.05, 0.1) is 0 Å². The summed E-state index contributed by atoms with van der Waals surface area (Å²) >= 11 is -2.63. The van der Waals surface area contributed by atoms with E-state index in [1.54, 1.807) is 0 Å². The molecule has 1 aliphatic rings. The van der Waals surface area contributed by atoms with Gasteiger partial charge in [-0.25, -0.2) is 0 Å². The first kappa shape index (κ1) is 27.3. The molecule has 0 aromatic carbocycles. The molecule has 1 fully saturated rings. The average molecular weight is 559 g/mol. The Labute approximate surface area is 194 Å². The quantitative estimate of drug-likeness (QED) is 0.276. The normalized spacial score (nSPS) is 23.9. The summed E-state index contributed by atoms with van der Waals surface area (Å²) in [5.41, 5.74) is -0.858. The van der Waals surface area contributed by atoms with Gasteiger partial charge in [-0.15, -0.1) is 0 Å². The summed E-state index contributed by atoms with van der Waals surface area (Å²) in [4.78, 5) is 27.3. The van der Waals surface area contributed by atoms with E-state index in [-0.39, 0.29) is 0 Å². The molecule has 2 heterocycles. The molecule has 0 saturated carbocycles. The number of aliphatic hydroxyl groups is 3. The first-order chi connectivity index (χ1) is 15.3. The maximum absolute atomic E-state index is 12.5. The Morgan fingerprint density at radius 1 is 1.03 bits per heavy atom. The van der Waals surface area contributed by atoms with Crippen molar-refractivity contribution in [3.8, 4) is 0 Å². The summed E-state index contributed by atoms with van der Waals surface area (Å²) < 4.78 is 12.7. The van der Waals surface area contributed by atoms with E-state index in [9.17, 15) is 24.9 Å². The van der Waals surface area contributed by atoms with Gasteiger partial charge in [-0.2, -0.15) is 0 Å². The van der Waals surface area contributed by atoms with Crippen LogP contribution >= 0.6 is 0 Å². The second-order valence-corrected chi connectivity index (χ2v) is 22.0. The van der Waals surface area contributed by atoms with Crippen molar-refractivity contribution < 1.29 is 20.1 Å². The van der Waals surface area contributed by atoms with Crippen LogP contribution in [0.5, 0.6) is 0 Å². The van der Waals surface area contributed by atoms with E-state index < -0.39 is 60.8 Å². The SMILES string of the molecule is CCC[CH2][Sn](/[CH]=C/c1cn([C@@H]2O[C@H](CO)[C@@H](O)[C@@H]2O)c(=O)[nH]c1=O)([CH2]CCC)[CH2]CCC. The molecule has 4 N–H and O–H groups in total. The topological polar surface area (TPSA) is 125 Å². The monoisotopic (exact) mass is 560 g/mol. The Kier molecular flexibility index (Phi) is 11.2. The number of rotatable bonds is 13. The Hall–Kier alpha value is -0.941. The van der Waals surface area contributed by atoms with Gasteiger partial charge in [0.25, 0.3) is 0 Å². The van der Waals surface area contributed by atoms with Gasteiger partial charge >= 0.3 is 195 Å². The summed E-state index contributed by atoms with van der Waals surface area (Å²) in [5.74, 6) is 0. The second kappa shape index (κ2) is 13.1. The Balaban J connectivity index is 2.41. The number of aliphatic hydroxyl groups excluding tert-OH is 3. The summed E-state index contributed by atoms with van der Waals surface area (Å²) in [6, 6.07) is 0. The molecule has 0 bridgehead atoms. The number of unbranched alkanes of at least 4 members (excludes halogenated alkanes) is 3. The van der Waals surface area contributed by atoms with Crippen LogP contribution in [0.4, 0.5) is 0 Å². The van der Waals surface area contributed by atoms with Crippen molar-refractivity contribution in [1.82, 2.24) is 9.55 Å². The summed E-state index contributed by atoms with van der Waals surface area (Å²) in [5, 5.41) is 29.7. The molecular formula is C23H40N2O6Sn. The molecule has 1 aliphatic heterocycles. The molecule has 0 spiro atoms. The number of aromatic amines is 1. The van der Waals surface area contributed by atoms with Crippen molar-refractivity contribution in [3.63, 3.8) is 0 Å². The number of nitrogens with zero attached hydrogens (tertiary/aromatic N) is 1. The van der Waals surface area contributed by atoms with Crippen LogP contribution in [-0.2, 0) is 4.74 Å². The molecule has 1 saturated heterocycles. The van der Waals surface area contributed by atoms with Gasteiger partial charge in [0.15, 0.2) is 0 Å². The number of ether oxygens (including phenoxy) is 1. The molecule has 9 heteroatoms. The number of nitrogens with one attached hydrogen (secondary N) is 1. The Bertz CT molecular complexity index is 830. The van der Waals surface area contributed by atoms with E-state index in [2.05, 4.69) is 29.8 Å². The van der Waals surface area contributed by atoms with E-state index in [0.717, 1.165) is 23.8 Å². The van der Waals surface area contributed by atoms with E-state index in [0.29, 0.717) is 5.56 Å². The molecule has 1 aromatic rings. The minimum absolute atomic E-state index is 0.341. The molecule has 32 heavy (non-hydrogen) atoms. The molecule has 8 nitrogen and oxygen atoms in total. The molecule has 1 aromatic heterocycles. The van der Waals surface area contributed by atoms with Gasteiger partial charge in [0, 0.05) is 0 Å². The van der Waals surface area contributed by atoms with Gasteiger partial charge < -0.3 is 0 Å². The van der Waals surface area contributed by atoms with Crippen LogP contribution in [-0.4, -0.2) is 68.2 Å². The first-order valence-electron chi connectivity index (χ1n) is 12.0. The zero-order valence-corrected chi connectivity index (χ0v) is 22.5. The van der Waals surface area contributed by atoms with Crippen LogP contribution in [0.15, 0.2) is 19.9 Å². The third-order valence-electron chi connectivity index (χ3n) is 6.49. The summed E-state index contributed by atoms with van der Waals surface area (Å²) in [6.07, 6.45) is 5.46. The number of aromatic nitrogens is 2. The Morgan fingerprint density at radius 3 is 2.06 bits per heavy atom. The van der Waals surface area contributed by atoms with Gasteiger partial charge in [0.2, 0.25) is 0 Å². The first-order valence-corrected chi connectivity index (χ1v) is 19.7. The third-order valence-corrected chi connectivity index (χ3v) is 20.5. The molecule has 0 radical (unpaired) electrons. The molecule has 0 unspecified atom stereocenters. The van der Waals surface area contributed by atoms with Crippen molar-refractivity contribution in [1.29, 1.82) is 0 Å². The van der Waals surface area contributed by atoms with Crippen molar-refractivity contribution in [2.45, 2.75) is 97.1 Å². The second-order valence-electron chi connectivity index (χ2n) is 8.99. The van der Waals surface area contributed by atoms with Crippen molar-refractivity contribution >= 4 is 24.5 Å². The zero-order valence-electron chi connectivity index (χ0n) is 19.6. The van der Waals surface area contributed by atoms with Crippen LogP contribution in [0.2, 0.25) is 13.3 Å². The van der Waals surface area contributed by atoms with Crippen LogP contribution in [0, 0.1) is 0 Å². The number of hydrogen-bond acceptors (Lipinski definition) is 6. The van der Waals surface area contributed by atoms with E-state index in [4.69, 9.17) is 4.74 Å². The maximum atomic E-state index is 12.5. The van der Waals surface area contributed by atoms with Crippen molar-refractivity contribution in [2.75, 3.05) is 6.61 Å². The van der Waals surface area contributed by atoms with Crippen LogP contribution < -0.4 is 11.2 Å². The van der Waals surface area contributed by atoms with Crippen molar-refractivity contribution in [2.24, 2.45) is 0 Å². The Morgan fingerprint density at radius 2 is 1.59 bits per heavy atom. The third kappa shape index (κ3) is 6.79. The average Bonchev–Trinajstić information content (AvgIpc) is 3.07. The molecule has 4 atom stereocenters. The number of hydrogen-bond donors (Lipinski definition) is 4. The molecule has 0 aliphatic carbocycles. The van der Waals surface area contributed by atoms with Gasteiger partial charge in [-0.05, 0) is 0 Å². The molecule has 0 amide bonds. The molecule has 2 rings (SSSR count). The van der Waals surface area contributed by atoms with E-state index >= 15 is 0 Å². The standard InChI is InChI=1S/C11H13N2O6.3C4H9.Sn/c1-2-5-3-13(11(18)12-9(5)17)10-8(16)7(15)6(4-14)19-10;3*1-3-4-2;/h1-3,6-8,10,14-16H,4H2,(H,12,17,18);3*1,3-4H2,2H3;/t6-,7-,8+,10-;;;;/m1..../s1. The number of H-pyrrole nitrogens is 1. The van der Waals surface area contributed by atoms with E-state index in [1.807, 2.05) is 6.08 Å². The van der Waals surface area contributed by atoms with Crippen LogP contribution in [0.25, 0.3) is 6.08 Å². The minimum atomic E-state index is -2.63. The molecule has 182 valence electrons. The van der Waals surface area contributed by atoms with Crippen LogP contribution in [0.3, 0.4) is 0 Å². The molecular weight excluding hydrogens is 519 g/mol. The zero-order chi connectivity index (χ0) is 23.7. The summed E-state index contributed by atoms with van der Waals surface area (Å²) in [7, 11) is 0. The van der Waals surface area contributed by atoms with Gasteiger partial charge in [-0.1, -0.05) is 0 Å². The fourth-order valence-corrected chi connectivity index (χ4v) is 18.5.